The number of hydrogen-bond donors (Lipinski definition) is 4. The van der Waals surface area contributed by atoms with Gasteiger partial charge in [-0.15, -0.1) is 0 Å². The number of anilines is 2. The second kappa shape index (κ2) is 15.0. The summed E-state index contributed by atoms with van der Waals surface area (Å²) in [5.74, 6) is -0.928. The SMILES string of the molecule is COc1ccc(OC)c(NC(=O)N[C@]2(C)C[C@@H](C(=O)N[C@@H](CC(F)F)B3O[C@@H]4C[C@@H]5C[C@@H](C5(C)C)[C@]4(C)O3)n3c2ncc(NCc2cccc(C(F)(F)F)c2)c3=O)c1. The monoisotopic (exact) mass is 816 g/mol. The number of nitrogens with zero attached hydrogens (tertiary/aromatic N) is 2. The van der Waals surface area contributed by atoms with E-state index in [9.17, 15) is 36.3 Å². The molecule has 58 heavy (non-hydrogen) atoms. The van der Waals surface area contributed by atoms with Gasteiger partial charge in [-0.25, -0.2) is 18.6 Å². The normalized spacial score (nSPS) is 27.2. The van der Waals surface area contributed by atoms with Crippen LogP contribution in [0.2, 0.25) is 0 Å². The highest BCUT2D eigenvalue weighted by Crippen LogP contribution is 2.65. The number of amides is 3. The minimum atomic E-state index is -4.59. The minimum Gasteiger partial charge on any atom is -0.497 e. The van der Waals surface area contributed by atoms with Gasteiger partial charge in [0.2, 0.25) is 12.3 Å². The molecule has 7 atom stereocenters. The molecular weight excluding hydrogens is 770 g/mol. The molecule has 3 aromatic rings. The highest BCUT2D eigenvalue weighted by Gasteiger charge is 2.68. The van der Waals surface area contributed by atoms with Crippen LogP contribution < -0.4 is 36.3 Å². The van der Waals surface area contributed by atoms with Gasteiger partial charge in [0, 0.05) is 25.5 Å². The summed E-state index contributed by atoms with van der Waals surface area (Å²) in [4.78, 5) is 46.7. The van der Waals surface area contributed by atoms with Crippen molar-refractivity contribution in [3.05, 3.63) is 76.0 Å². The zero-order valence-corrected chi connectivity index (χ0v) is 32.8. The average Bonchev–Trinajstić information content (AvgIpc) is 3.68. The first-order chi connectivity index (χ1) is 27.3. The van der Waals surface area contributed by atoms with Crippen LogP contribution in [0.15, 0.2) is 53.5 Å². The van der Waals surface area contributed by atoms with Gasteiger partial charge in [-0.1, -0.05) is 26.0 Å². The number of carbonyl (C=O) groups is 2. The predicted octanol–water partition coefficient (Wildman–Crippen LogP) is 6.28. The first-order valence-electron chi connectivity index (χ1n) is 19.0. The third kappa shape index (κ3) is 7.46. The number of halogens is 5. The maximum Gasteiger partial charge on any atom is 0.481 e. The molecule has 2 aliphatic heterocycles. The summed E-state index contributed by atoms with van der Waals surface area (Å²) in [6.07, 6.45) is -6.07. The summed E-state index contributed by atoms with van der Waals surface area (Å²) >= 11 is 0. The molecular formula is C39H46BF5N6O7. The molecule has 3 amide bonds. The summed E-state index contributed by atoms with van der Waals surface area (Å²) in [6, 6.07) is 7.15. The van der Waals surface area contributed by atoms with Gasteiger partial charge in [-0.2, -0.15) is 13.2 Å². The van der Waals surface area contributed by atoms with Crippen molar-refractivity contribution in [2.75, 3.05) is 24.9 Å². The van der Waals surface area contributed by atoms with Crippen molar-refractivity contribution in [3.8, 4) is 11.5 Å². The van der Waals surface area contributed by atoms with Crippen LogP contribution in [0.1, 0.15) is 76.4 Å². The van der Waals surface area contributed by atoms with Crippen molar-refractivity contribution in [1.29, 1.82) is 0 Å². The Morgan fingerprint density at radius 2 is 1.81 bits per heavy atom. The van der Waals surface area contributed by atoms with E-state index in [4.69, 9.17) is 18.8 Å². The molecule has 8 rings (SSSR count). The summed E-state index contributed by atoms with van der Waals surface area (Å²) in [5, 5.41) is 11.0. The number of carbonyl (C=O) groups excluding carboxylic acids is 2. The molecule has 2 aromatic carbocycles. The lowest BCUT2D eigenvalue weighted by Crippen LogP contribution is -2.65. The molecule has 0 radical (unpaired) electrons. The van der Waals surface area contributed by atoms with E-state index in [-0.39, 0.29) is 53.2 Å². The lowest BCUT2D eigenvalue weighted by atomic mass is 9.43. The summed E-state index contributed by atoms with van der Waals surface area (Å²) in [6.45, 7) is 7.59. The van der Waals surface area contributed by atoms with Gasteiger partial charge in [0.15, 0.2) is 0 Å². The molecule has 3 aliphatic carbocycles. The largest absolute Gasteiger partial charge is 0.497 e. The summed E-state index contributed by atoms with van der Waals surface area (Å²) in [7, 11) is 1.66. The van der Waals surface area contributed by atoms with Gasteiger partial charge in [0.05, 0.1) is 54.9 Å². The van der Waals surface area contributed by atoms with Crippen LogP contribution in [0, 0.1) is 17.3 Å². The number of benzene rings is 2. The van der Waals surface area contributed by atoms with Crippen molar-refractivity contribution in [3.63, 3.8) is 0 Å². The van der Waals surface area contributed by atoms with Gasteiger partial charge < -0.3 is 40.0 Å². The van der Waals surface area contributed by atoms with Crippen LogP contribution in [-0.4, -0.2) is 66.9 Å². The van der Waals surface area contributed by atoms with Crippen molar-refractivity contribution in [1.82, 2.24) is 20.2 Å². The zero-order chi connectivity index (χ0) is 41.9. The van der Waals surface area contributed by atoms with Crippen LogP contribution in [0.25, 0.3) is 0 Å². The van der Waals surface area contributed by atoms with E-state index in [1.165, 1.54) is 38.6 Å². The predicted molar refractivity (Wildman–Crippen MR) is 203 cm³/mol. The van der Waals surface area contributed by atoms with Gasteiger partial charge in [0.1, 0.15) is 29.1 Å². The topological polar surface area (TPSA) is 154 Å². The average molecular weight is 817 g/mol. The van der Waals surface area contributed by atoms with Gasteiger partial charge >= 0.3 is 19.3 Å². The Morgan fingerprint density at radius 3 is 2.48 bits per heavy atom. The molecule has 4 N–H and O–H groups in total. The van der Waals surface area contributed by atoms with Crippen molar-refractivity contribution < 1.29 is 50.3 Å². The zero-order valence-electron chi connectivity index (χ0n) is 32.8. The Morgan fingerprint density at radius 1 is 1.05 bits per heavy atom. The third-order valence-electron chi connectivity index (χ3n) is 12.5. The van der Waals surface area contributed by atoms with Crippen LogP contribution in [0.4, 0.5) is 38.1 Å². The standard InChI is InChI=1S/C39H46BF5N6O7/c1-36(2)22-13-28(36)38(4)29(14-22)57-40(58-38)30(16-31(41)42)49-32(52)26-17-37(3,50-35(54)48-24-15-23(55-5)10-11-27(24)56-6)34-47-19-25(33(53)51(26)34)46-18-20-8-7-9-21(12-20)39(43,44)45/h7-12,15,19,22,26,28-31,46H,13-14,16-18H2,1-6H3,(H,49,52)(H2,48,50,54)/t22-,26-,28-,29+,30-,37+,38-/m0/s1. The van der Waals surface area contributed by atoms with E-state index >= 15 is 0 Å². The lowest BCUT2D eigenvalue weighted by molar-refractivity contribution is -0.199. The molecule has 5 aliphatic rings. The maximum atomic E-state index is 14.4. The fourth-order valence-corrected chi connectivity index (χ4v) is 9.32. The number of nitrogens with one attached hydrogen (secondary N) is 4. The fraction of sp³-hybridized carbons (Fsp3) is 0.538. The molecule has 13 nitrogen and oxygen atoms in total. The quantitative estimate of drug-likeness (QED) is 0.122. The van der Waals surface area contributed by atoms with E-state index in [0.717, 1.165) is 23.1 Å². The number of methoxy groups -OCH3 is 2. The van der Waals surface area contributed by atoms with Crippen LogP contribution in [0.5, 0.6) is 11.5 Å². The maximum absolute atomic E-state index is 14.4. The molecule has 0 spiro atoms. The smallest absolute Gasteiger partial charge is 0.481 e. The molecule has 4 fully saturated rings. The van der Waals surface area contributed by atoms with Crippen molar-refractivity contribution in [2.24, 2.45) is 17.3 Å². The lowest BCUT2D eigenvalue weighted by Gasteiger charge is -2.64. The molecule has 19 heteroatoms. The first-order valence-corrected chi connectivity index (χ1v) is 19.0. The number of aromatic nitrogens is 2. The first kappa shape index (κ1) is 41.3. The number of rotatable bonds is 12. The van der Waals surface area contributed by atoms with E-state index < -0.39 is 72.3 Å². The number of urea groups is 1. The van der Waals surface area contributed by atoms with E-state index in [2.05, 4.69) is 40.1 Å². The number of fused-ring (bicyclic) bond motifs is 1. The van der Waals surface area contributed by atoms with Gasteiger partial charge in [-0.05, 0) is 73.8 Å². The highest BCUT2D eigenvalue weighted by molar-refractivity contribution is 6.48. The van der Waals surface area contributed by atoms with Crippen molar-refractivity contribution >= 4 is 30.4 Å². The molecule has 2 bridgehead atoms. The fourth-order valence-electron chi connectivity index (χ4n) is 9.32. The van der Waals surface area contributed by atoms with E-state index in [1.807, 2.05) is 6.92 Å². The van der Waals surface area contributed by atoms with Crippen LogP contribution >= 0.6 is 0 Å². The highest BCUT2D eigenvalue weighted by atomic mass is 19.4. The Labute approximate surface area is 331 Å². The van der Waals surface area contributed by atoms with Gasteiger partial charge in [0.25, 0.3) is 5.56 Å². The third-order valence-corrected chi connectivity index (χ3v) is 12.5. The van der Waals surface area contributed by atoms with Gasteiger partial charge in [-0.3, -0.25) is 14.2 Å². The van der Waals surface area contributed by atoms with E-state index in [1.54, 1.807) is 19.1 Å². The number of ether oxygens (including phenoxy) is 2. The molecule has 312 valence electrons. The molecule has 3 saturated carbocycles. The summed E-state index contributed by atoms with van der Waals surface area (Å²) < 4.78 is 93.0. The number of hydrogen-bond acceptors (Lipinski definition) is 9. The van der Waals surface area contributed by atoms with Crippen LogP contribution in [0.3, 0.4) is 0 Å². The molecule has 0 unspecified atom stereocenters. The van der Waals surface area contributed by atoms with Crippen LogP contribution in [-0.2, 0) is 32.4 Å². The second-order valence-electron chi connectivity index (χ2n) is 16.5. The molecule has 1 saturated heterocycles. The Hall–Kier alpha value is -4.91. The molecule has 1 aromatic heterocycles. The second-order valence-corrected chi connectivity index (χ2v) is 16.5. The minimum absolute atomic E-state index is 0.0268. The van der Waals surface area contributed by atoms with Crippen molar-refractivity contribution in [2.45, 2.75) is 102 Å². The Kier molecular flexibility index (Phi) is 10.7. The Bertz CT molecular complexity index is 2140. The molecule has 3 heterocycles. The number of alkyl halides is 5. The Balaban J connectivity index is 1.18. The van der Waals surface area contributed by atoms with E-state index in [0.29, 0.717) is 23.8 Å². The summed E-state index contributed by atoms with van der Waals surface area (Å²) in [5.41, 5.74) is -3.62.